The van der Waals surface area contributed by atoms with Crippen LogP contribution in [0.25, 0.3) is 0 Å². The zero-order chi connectivity index (χ0) is 22.9. The molecule has 0 saturated heterocycles. The van der Waals surface area contributed by atoms with Crippen LogP contribution in [0.1, 0.15) is 24.0 Å². The van der Waals surface area contributed by atoms with Crippen LogP contribution in [0.5, 0.6) is 0 Å². The highest BCUT2D eigenvalue weighted by Gasteiger charge is 2.21. The molecule has 0 heterocycles. The second kappa shape index (κ2) is 15.4. The van der Waals surface area contributed by atoms with Gasteiger partial charge in [0, 0.05) is 13.5 Å². The molecule has 0 saturated carbocycles. The fourth-order valence-corrected chi connectivity index (χ4v) is 2.19. The highest BCUT2D eigenvalue weighted by Crippen LogP contribution is 2.09. The van der Waals surface area contributed by atoms with Crippen molar-refractivity contribution < 1.29 is 28.7 Å². The van der Waals surface area contributed by atoms with Gasteiger partial charge < -0.3 is 14.8 Å². The first kappa shape index (κ1) is 25.6. The summed E-state index contributed by atoms with van der Waals surface area (Å²) < 4.78 is 10.3. The lowest BCUT2D eigenvalue weighted by Crippen LogP contribution is -2.23. The van der Waals surface area contributed by atoms with E-state index >= 15 is 0 Å². The van der Waals surface area contributed by atoms with Crippen LogP contribution in [0.4, 0.5) is 4.79 Å². The van der Waals surface area contributed by atoms with E-state index in [0.717, 1.165) is 11.1 Å². The molecule has 0 aliphatic heterocycles. The van der Waals surface area contributed by atoms with Crippen LogP contribution in [0.3, 0.4) is 0 Å². The Hall–Kier alpha value is -3.48. The number of amides is 1. The molecule has 0 spiro atoms. The minimum absolute atomic E-state index is 0.0243. The average Bonchev–Trinajstić information content (AvgIpc) is 2.80. The van der Waals surface area contributed by atoms with Gasteiger partial charge in [-0.25, -0.2) is 9.59 Å². The molecule has 1 amide bonds. The number of carbonyl (C=O) groups is 3. The van der Waals surface area contributed by atoms with Crippen molar-refractivity contribution in [2.75, 3.05) is 7.05 Å². The third-order valence-corrected chi connectivity index (χ3v) is 3.95. The lowest BCUT2D eigenvalue weighted by Gasteiger charge is -2.11. The highest BCUT2D eigenvalue weighted by atomic mass is 35.5. The van der Waals surface area contributed by atoms with Gasteiger partial charge in [0.05, 0.1) is 0 Å². The second-order valence-corrected chi connectivity index (χ2v) is 6.38. The third kappa shape index (κ3) is 12.0. The first-order valence-electron chi connectivity index (χ1n) is 9.30. The Morgan fingerprint density at radius 3 is 1.90 bits per heavy atom. The number of aliphatic imine (C=N–C) groups is 1. The Morgan fingerprint density at radius 1 is 0.968 bits per heavy atom. The maximum Gasteiger partial charge on any atom is 0.332 e. The topological polar surface area (TPSA) is 111 Å². The third-order valence-electron chi connectivity index (χ3n) is 3.77. The van der Waals surface area contributed by atoms with E-state index < -0.39 is 23.3 Å². The average molecular weight is 447 g/mol. The number of halogens is 1. The Labute approximate surface area is 185 Å². The number of isocyanates is 1. The van der Waals surface area contributed by atoms with E-state index in [1.807, 2.05) is 60.7 Å². The molecule has 1 unspecified atom stereocenters. The van der Waals surface area contributed by atoms with Crippen LogP contribution in [0.15, 0.2) is 65.7 Å². The number of rotatable bonds is 9. The normalized spacial score (nSPS) is 10.4. The van der Waals surface area contributed by atoms with Gasteiger partial charge in [-0.05, 0) is 29.1 Å². The molecule has 2 aromatic carbocycles. The Balaban J connectivity index is 0.000000861. The zero-order valence-electron chi connectivity index (χ0n) is 17.0. The molecule has 164 valence electrons. The monoisotopic (exact) mass is 446 g/mol. The van der Waals surface area contributed by atoms with Crippen molar-refractivity contribution >= 4 is 35.0 Å². The second-order valence-electron chi connectivity index (χ2n) is 6.04. The molecule has 0 aliphatic carbocycles. The molecule has 2 rings (SSSR count). The van der Waals surface area contributed by atoms with Crippen molar-refractivity contribution in [2.24, 2.45) is 4.99 Å². The summed E-state index contributed by atoms with van der Waals surface area (Å²) in [5.74, 6) is -1.15. The van der Waals surface area contributed by atoms with E-state index in [0.29, 0.717) is 0 Å². The molecular weight excluding hydrogens is 424 g/mol. The molecule has 0 radical (unpaired) electrons. The largest absolute Gasteiger partial charge is 0.461 e. The molecule has 1 N–H and O–H groups in total. The van der Waals surface area contributed by atoms with Crippen molar-refractivity contribution in [3.05, 3.63) is 71.8 Å². The Bertz CT molecular complexity index is 870. The van der Waals surface area contributed by atoms with Gasteiger partial charge in [-0.15, -0.1) is 0 Å². The van der Waals surface area contributed by atoms with Crippen LogP contribution in [0, 0.1) is 0 Å². The summed E-state index contributed by atoms with van der Waals surface area (Å²) in [5.41, 5.74) is 1.68. The molecule has 0 fully saturated rings. The Kier molecular flexibility index (Phi) is 12.7. The van der Waals surface area contributed by atoms with Gasteiger partial charge in [-0.2, -0.15) is 4.99 Å². The number of benzene rings is 2. The lowest BCUT2D eigenvalue weighted by atomic mass is 10.1. The smallest absolute Gasteiger partial charge is 0.332 e. The van der Waals surface area contributed by atoms with Crippen molar-refractivity contribution in [1.82, 2.24) is 5.32 Å². The zero-order valence-corrected chi connectivity index (χ0v) is 17.7. The van der Waals surface area contributed by atoms with Crippen molar-refractivity contribution in [3.63, 3.8) is 0 Å². The SMILES string of the molecule is CNC(=O)Cl.O=C=NC(CCC(=O)OCc1ccccc1)C(=O)OCc1ccccc1. The minimum atomic E-state index is -1.07. The molecule has 0 aliphatic rings. The van der Waals surface area contributed by atoms with Gasteiger partial charge in [0.1, 0.15) is 13.2 Å². The number of carbonyl (C=O) groups excluding carboxylic acids is 4. The van der Waals surface area contributed by atoms with Crippen LogP contribution < -0.4 is 5.32 Å². The molecule has 0 bridgehead atoms. The molecular formula is C22H23ClN2O6. The molecule has 31 heavy (non-hydrogen) atoms. The van der Waals surface area contributed by atoms with E-state index in [1.165, 1.54) is 13.1 Å². The number of ether oxygens (including phenoxy) is 2. The summed E-state index contributed by atoms with van der Waals surface area (Å²) in [6.45, 7) is 0.225. The highest BCUT2D eigenvalue weighted by molar-refractivity contribution is 6.62. The van der Waals surface area contributed by atoms with Crippen molar-refractivity contribution in [1.29, 1.82) is 0 Å². The summed E-state index contributed by atoms with van der Waals surface area (Å²) >= 11 is 4.71. The minimum Gasteiger partial charge on any atom is -0.461 e. The standard InChI is InChI=1S/C20H19NO5.C2H4ClNO/c22-15-21-18(20(24)26-14-17-9-5-2-6-10-17)11-12-19(23)25-13-16-7-3-1-4-8-16;1-4-2(3)5/h1-10,18H,11-14H2;1H3,(H,4,5). The lowest BCUT2D eigenvalue weighted by molar-refractivity contribution is -0.148. The summed E-state index contributed by atoms with van der Waals surface area (Å²) in [4.78, 5) is 47.3. The van der Waals surface area contributed by atoms with Gasteiger partial charge >= 0.3 is 17.3 Å². The van der Waals surface area contributed by atoms with E-state index in [4.69, 9.17) is 21.1 Å². The van der Waals surface area contributed by atoms with Crippen LogP contribution >= 0.6 is 11.6 Å². The predicted molar refractivity (Wildman–Crippen MR) is 114 cm³/mol. The van der Waals surface area contributed by atoms with Gasteiger partial charge in [-0.1, -0.05) is 60.7 Å². The summed E-state index contributed by atoms with van der Waals surface area (Å²) in [5, 5.41) is 1.63. The number of nitrogens with zero attached hydrogens (tertiary/aromatic N) is 1. The molecule has 8 nitrogen and oxygen atoms in total. The number of hydrogen-bond acceptors (Lipinski definition) is 7. The number of hydrogen-bond donors (Lipinski definition) is 1. The van der Waals surface area contributed by atoms with Gasteiger partial charge in [0.2, 0.25) is 6.08 Å². The van der Waals surface area contributed by atoms with Crippen LogP contribution in [-0.2, 0) is 37.1 Å². The maximum absolute atomic E-state index is 12.1. The maximum atomic E-state index is 12.1. The van der Waals surface area contributed by atoms with Gasteiger partial charge in [-0.3, -0.25) is 9.59 Å². The first-order valence-corrected chi connectivity index (χ1v) is 9.68. The summed E-state index contributed by atoms with van der Waals surface area (Å²) in [6.07, 6.45) is 1.32. The fraction of sp³-hybridized carbons (Fsp3) is 0.273. The van der Waals surface area contributed by atoms with Crippen LogP contribution in [-0.4, -0.2) is 36.5 Å². The molecule has 1 atom stereocenters. The van der Waals surface area contributed by atoms with Gasteiger partial charge in [0.25, 0.3) is 0 Å². The van der Waals surface area contributed by atoms with E-state index in [9.17, 15) is 19.2 Å². The quantitative estimate of drug-likeness (QED) is 0.207. The van der Waals surface area contributed by atoms with E-state index in [-0.39, 0.29) is 26.1 Å². The van der Waals surface area contributed by atoms with Crippen molar-refractivity contribution in [2.45, 2.75) is 32.1 Å². The predicted octanol–water partition coefficient (Wildman–Crippen LogP) is 3.52. The first-order chi connectivity index (χ1) is 15.0. The van der Waals surface area contributed by atoms with E-state index in [2.05, 4.69) is 10.3 Å². The van der Waals surface area contributed by atoms with E-state index in [1.54, 1.807) is 0 Å². The Morgan fingerprint density at radius 2 is 1.45 bits per heavy atom. The van der Waals surface area contributed by atoms with Crippen LogP contribution in [0.2, 0.25) is 0 Å². The molecule has 0 aromatic heterocycles. The van der Waals surface area contributed by atoms with Crippen molar-refractivity contribution in [3.8, 4) is 0 Å². The fourth-order valence-electron chi connectivity index (χ4n) is 2.19. The number of nitrogens with one attached hydrogen (secondary N) is 1. The number of esters is 2. The summed E-state index contributed by atoms with van der Waals surface area (Å²) in [7, 11) is 1.47. The molecule has 9 heteroatoms. The van der Waals surface area contributed by atoms with Gasteiger partial charge in [0.15, 0.2) is 6.04 Å². The summed E-state index contributed by atoms with van der Waals surface area (Å²) in [6, 6.07) is 17.3. The molecule has 2 aromatic rings.